The van der Waals surface area contributed by atoms with Gasteiger partial charge in [-0.1, -0.05) is 164 Å². The molecule has 0 saturated carbocycles. The molecular formula is C53H37NO. The summed E-state index contributed by atoms with van der Waals surface area (Å²) >= 11 is 0. The van der Waals surface area contributed by atoms with E-state index in [0.29, 0.717) is 0 Å². The van der Waals surface area contributed by atoms with Gasteiger partial charge in [0.2, 0.25) is 0 Å². The summed E-state index contributed by atoms with van der Waals surface area (Å²) in [6.07, 6.45) is 0. The van der Waals surface area contributed by atoms with Gasteiger partial charge in [0, 0.05) is 33.3 Å². The first-order chi connectivity index (χ1) is 27.2. The van der Waals surface area contributed by atoms with E-state index in [-0.39, 0.29) is 0 Å². The topological polar surface area (TPSA) is 16.4 Å². The molecule has 0 unspecified atom stereocenters. The van der Waals surface area contributed by atoms with Crippen molar-refractivity contribution in [1.29, 1.82) is 0 Å². The number of para-hydroxylation sites is 1. The van der Waals surface area contributed by atoms with E-state index < -0.39 is 0 Å². The van der Waals surface area contributed by atoms with Gasteiger partial charge in [-0.25, -0.2) is 0 Å². The van der Waals surface area contributed by atoms with Crippen LogP contribution in [0.1, 0.15) is 5.56 Å². The SMILES string of the molecule is Cc1c(-c2cccc(-c3ccc(N(c4ccc(-c5ccc(-c6cccc7ccccc67)cc5)cc4)c4cccc5ccccc45)cc3)c2)oc2ccccc12. The van der Waals surface area contributed by atoms with Gasteiger partial charge in [-0.3, -0.25) is 0 Å². The van der Waals surface area contributed by atoms with Gasteiger partial charge >= 0.3 is 0 Å². The maximum absolute atomic E-state index is 6.33. The van der Waals surface area contributed by atoms with Crippen LogP contribution in [0.3, 0.4) is 0 Å². The predicted octanol–water partition coefficient (Wildman–Crippen LogP) is 15.2. The van der Waals surface area contributed by atoms with Crippen LogP contribution in [0.15, 0.2) is 211 Å². The summed E-state index contributed by atoms with van der Waals surface area (Å²) in [7, 11) is 0. The first kappa shape index (κ1) is 32.5. The summed E-state index contributed by atoms with van der Waals surface area (Å²) in [5.74, 6) is 0.922. The van der Waals surface area contributed by atoms with Gasteiger partial charge < -0.3 is 9.32 Å². The van der Waals surface area contributed by atoms with Gasteiger partial charge in [0.1, 0.15) is 11.3 Å². The van der Waals surface area contributed by atoms with Gasteiger partial charge in [-0.05, 0) is 98.9 Å². The highest BCUT2D eigenvalue weighted by molar-refractivity contribution is 6.00. The van der Waals surface area contributed by atoms with Crippen molar-refractivity contribution in [2.75, 3.05) is 4.90 Å². The van der Waals surface area contributed by atoms with Gasteiger partial charge in [0.25, 0.3) is 0 Å². The molecule has 0 atom stereocenters. The van der Waals surface area contributed by atoms with Crippen molar-refractivity contribution in [2.45, 2.75) is 6.92 Å². The van der Waals surface area contributed by atoms with Crippen molar-refractivity contribution in [2.24, 2.45) is 0 Å². The lowest BCUT2D eigenvalue weighted by molar-refractivity contribution is 0.629. The van der Waals surface area contributed by atoms with E-state index in [1.54, 1.807) is 0 Å². The Morgan fingerprint density at radius 3 is 1.55 bits per heavy atom. The highest BCUT2D eigenvalue weighted by atomic mass is 16.3. The molecule has 9 aromatic carbocycles. The first-order valence-corrected chi connectivity index (χ1v) is 18.8. The van der Waals surface area contributed by atoms with Crippen LogP contribution >= 0.6 is 0 Å². The molecule has 0 radical (unpaired) electrons. The second-order valence-corrected chi connectivity index (χ2v) is 14.2. The largest absolute Gasteiger partial charge is 0.456 e. The summed E-state index contributed by atoms with van der Waals surface area (Å²) < 4.78 is 6.33. The molecule has 0 N–H and O–H groups in total. The first-order valence-electron chi connectivity index (χ1n) is 18.8. The number of fused-ring (bicyclic) bond motifs is 3. The normalized spacial score (nSPS) is 11.4. The molecule has 0 saturated heterocycles. The molecule has 0 spiro atoms. The van der Waals surface area contributed by atoms with E-state index in [9.17, 15) is 0 Å². The summed E-state index contributed by atoms with van der Waals surface area (Å²) in [5, 5.41) is 6.10. The monoisotopic (exact) mass is 703 g/mol. The van der Waals surface area contributed by atoms with Crippen molar-refractivity contribution in [3.05, 3.63) is 212 Å². The van der Waals surface area contributed by atoms with Crippen LogP contribution in [-0.2, 0) is 0 Å². The maximum atomic E-state index is 6.33. The molecule has 0 aliphatic carbocycles. The van der Waals surface area contributed by atoms with Gasteiger partial charge in [0.05, 0.1) is 5.69 Å². The smallest absolute Gasteiger partial charge is 0.138 e. The minimum atomic E-state index is 0.918. The number of anilines is 3. The Kier molecular flexibility index (Phi) is 8.08. The lowest BCUT2D eigenvalue weighted by atomic mass is 9.96. The third-order valence-corrected chi connectivity index (χ3v) is 10.9. The van der Waals surface area contributed by atoms with Crippen molar-refractivity contribution in [1.82, 2.24) is 0 Å². The number of benzene rings is 9. The summed E-state index contributed by atoms with van der Waals surface area (Å²) in [4.78, 5) is 2.37. The molecule has 260 valence electrons. The number of nitrogens with zero attached hydrogens (tertiary/aromatic N) is 1. The second-order valence-electron chi connectivity index (χ2n) is 14.2. The van der Waals surface area contributed by atoms with E-state index in [2.05, 4.69) is 206 Å². The molecule has 0 aliphatic heterocycles. The van der Waals surface area contributed by atoms with Crippen molar-refractivity contribution >= 4 is 49.6 Å². The molecule has 55 heavy (non-hydrogen) atoms. The van der Waals surface area contributed by atoms with E-state index in [1.807, 2.05) is 12.1 Å². The molecule has 2 nitrogen and oxygen atoms in total. The average molecular weight is 704 g/mol. The summed E-state index contributed by atoms with van der Waals surface area (Å²) in [6.45, 7) is 2.14. The fourth-order valence-electron chi connectivity index (χ4n) is 8.05. The highest BCUT2D eigenvalue weighted by Gasteiger charge is 2.17. The fourth-order valence-corrected chi connectivity index (χ4v) is 8.05. The fraction of sp³-hybridized carbons (Fsp3) is 0.0189. The van der Waals surface area contributed by atoms with E-state index >= 15 is 0 Å². The zero-order valence-corrected chi connectivity index (χ0v) is 30.5. The minimum Gasteiger partial charge on any atom is -0.456 e. The minimum absolute atomic E-state index is 0.918. The standard InChI is InChI=1S/C53H37NO/c1-36-47-17-6-7-22-52(47)55-53(36)44-16-8-15-43(35-44)39-29-33-46(34-30-39)54(51-21-10-14-41-12-3-5-19-50(41)51)45-31-27-38(28-32-45)37-23-25-42(26-24-37)49-20-9-13-40-11-2-4-18-48(40)49/h2-35H,1H3. The Morgan fingerprint density at radius 1 is 0.364 bits per heavy atom. The molecule has 0 fully saturated rings. The number of aryl methyl sites for hydroxylation is 1. The zero-order chi connectivity index (χ0) is 36.7. The summed E-state index contributed by atoms with van der Waals surface area (Å²) in [5.41, 5.74) is 13.6. The van der Waals surface area contributed by atoms with Crippen molar-refractivity contribution in [3.8, 4) is 44.7 Å². The number of rotatable bonds is 7. The molecular weight excluding hydrogens is 667 g/mol. The van der Waals surface area contributed by atoms with E-state index in [1.165, 1.54) is 43.8 Å². The van der Waals surface area contributed by atoms with Crippen molar-refractivity contribution < 1.29 is 4.42 Å². The number of hydrogen-bond donors (Lipinski definition) is 0. The van der Waals surface area contributed by atoms with Crippen LogP contribution in [0.2, 0.25) is 0 Å². The molecule has 1 aromatic heterocycles. The Labute approximate surface area is 321 Å². The number of furan rings is 1. The molecule has 0 aliphatic rings. The molecule has 1 heterocycles. The Bertz CT molecular complexity index is 2960. The quantitative estimate of drug-likeness (QED) is 0.164. The predicted molar refractivity (Wildman–Crippen MR) is 232 cm³/mol. The highest BCUT2D eigenvalue weighted by Crippen LogP contribution is 2.41. The average Bonchev–Trinajstić information content (AvgIpc) is 3.60. The van der Waals surface area contributed by atoms with Gasteiger partial charge in [-0.15, -0.1) is 0 Å². The van der Waals surface area contributed by atoms with Crippen LogP contribution in [-0.4, -0.2) is 0 Å². The second kappa shape index (κ2) is 13.7. The molecule has 2 heteroatoms. The zero-order valence-electron chi connectivity index (χ0n) is 30.5. The van der Waals surface area contributed by atoms with Crippen LogP contribution in [0, 0.1) is 6.92 Å². The Hall–Kier alpha value is -7.16. The van der Waals surface area contributed by atoms with Crippen LogP contribution in [0.5, 0.6) is 0 Å². The van der Waals surface area contributed by atoms with Crippen LogP contribution < -0.4 is 4.90 Å². The Morgan fingerprint density at radius 2 is 0.855 bits per heavy atom. The lowest BCUT2D eigenvalue weighted by Crippen LogP contribution is -2.10. The van der Waals surface area contributed by atoms with Gasteiger partial charge in [0.15, 0.2) is 0 Å². The van der Waals surface area contributed by atoms with E-state index in [4.69, 9.17) is 4.42 Å². The third kappa shape index (κ3) is 5.95. The van der Waals surface area contributed by atoms with Crippen LogP contribution in [0.4, 0.5) is 17.1 Å². The van der Waals surface area contributed by atoms with Crippen LogP contribution in [0.25, 0.3) is 77.2 Å². The summed E-state index contributed by atoms with van der Waals surface area (Å²) in [6, 6.07) is 74.0. The third-order valence-electron chi connectivity index (χ3n) is 10.9. The lowest BCUT2D eigenvalue weighted by Gasteiger charge is -2.27. The van der Waals surface area contributed by atoms with E-state index in [0.717, 1.165) is 56.0 Å². The van der Waals surface area contributed by atoms with Gasteiger partial charge in [-0.2, -0.15) is 0 Å². The number of hydrogen-bond acceptors (Lipinski definition) is 2. The molecule has 0 amide bonds. The maximum Gasteiger partial charge on any atom is 0.138 e. The van der Waals surface area contributed by atoms with Crippen molar-refractivity contribution in [3.63, 3.8) is 0 Å². The Balaban J connectivity index is 0.992. The molecule has 10 aromatic rings. The molecule has 0 bridgehead atoms. The molecule has 10 rings (SSSR count).